The molecule has 0 fully saturated rings. The Labute approximate surface area is 147 Å². The predicted octanol–water partition coefficient (Wildman–Crippen LogP) is 1.47. The molecule has 124 valence electrons. The highest BCUT2D eigenvalue weighted by Crippen LogP contribution is 2.28. The molecule has 9 heteroatoms. The van der Waals surface area contributed by atoms with Crippen molar-refractivity contribution >= 4 is 34.9 Å². The van der Waals surface area contributed by atoms with Crippen molar-refractivity contribution in [3.8, 4) is 11.3 Å². The molecule has 0 atom stereocenters. The zero-order chi connectivity index (χ0) is 16.9. The Morgan fingerprint density at radius 1 is 1.38 bits per heavy atom. The molecule has 3 aromatic rings. The van der Waals surface area contributed by atoms with Crippen LogP contribution >= 0.6 is 23.1 Å². The van der Waals surface area contributed by atoms with Gasteiger partial charge < -0.3 is 5.11 Å². The van der Waals surface area contributed by atoms with Crippen molar-refractivity contribution in [1.82, 2.24) is 10.3 Å². The second-order valence-corrected chi connectivity index (χ2v) is 7.05. The number of nitrogens with zero attached hydrogens (tertiary/aromatic N) is 5. The molecule has 0 saturated carbocycles. The first-order valence-electron chi connectivity index (χ1n) is 7.06. The molecule has 3 rings (SSSR count). The average Bonchev–Trinajstić information content (AvgIpc) is 3.23. The van der Waals surface area contributed by atoms with Crippen molar-refractivity contribution in [2.45, 2.75) is 4.34 Å². The van der Waals surface area contributed by atoms with Gasteiger partial charge in [-0.2, -0.15) is 5.01 Å². The maximum Gasteiger partial charge on any atom is 0.324 e. The number of hydrogen-bond acceptors (Lipinski definition) is 8. The summed E-state index contributed by atoms with van der Waals surface area (Å²) in [4.78, 5) is 9.86. The summed E-state index contributed by atoms with van der Waals surface area (Å²) in [6, 6.07) is 9.93. The summed E-state index contributed by atoms with van der Waals surface area (Å²) in [6.45, 7) is 0. The largest absolute Gasteiger partial charge is 0.861 e. The Balaban J connectivity index is 1.61. The normalized spacial score (nSPS) is 11.7. The zero-order valence-corrected chi connectivity index (χ0v) is 14.8. The quantitative estimate of drug-likeness (QED) is 0.286. The Hall–Kier alpha value is -2.39. The fourth-order valence-electron chi connectivity index (χ4n) is 1.81. The Kier molecular flexibility index (Phi) is 5.11. The summed E-state index contributed by atoms with van der Waals surface area (Å²) in [5, 5.41) is 19.3. The topological polar surface area (TPSA) is 81.5 Å². The minimum absolute atomic E-state index is 0.179. The molecule has 0 bridgehead atoms. The maximum absolute atomic E-state index is 11.9. The van der Waals surface area contributed by atoms with Gasteiger partial charge in [0.05, 0.1) is 24.6 Å². The molecule has 0 aliphatic carbocycles. The van der Waals surface area contributed by atoms with Crippen molar-refractivity contribution < 1.29 is 14.4 Å². The molecule has 1 aromatic carbocycles. The van der Waals surface area contributed by atoms with Gasteiger partial charge in [-0.3, -0.25) is 4.52 Å². The highest BCUT2D eigenvalue weighted by molar-refractivity contribution is 8.01. The van der Waals surface area contributed by atoms with Crippen LogP contribution in [0.15, 0.2) is 55.8 Å². The first-order chi connectivity index (χ1) is 11.6. The van der Waals surface area contributed by atoms with Crippen LogP contribution in [0.3, 0.4) is 0 Å². The van der Waals surface area contributed by atoms with Crippen LogP contribution in [0.2, 0.25) is 0 Å². The average molecular weight is 361 g/mol. The molecule has 0 spiro atoms. The van der Waals surface area contributed by atoms with Gasteiger partial charge in [0.25, 0.3) is 6.20 Å². The molecule has 24 heavy (non-hydrogen) atoms. The Morgan fingerprint density at radius 3 is 2.88 bits per heavy atom. The van der Waals surface area contributed by atoms with Crippen molar-refractivity contribution in [2.75, 3.05) is 24.9 Å². The third-order valence-electron chi connectivity index (χ3n) is 2.96. The van der Waals surface area contributed by atoms with Crippen molar-refractivity contribution in [3.05, 3.63) is 41.9 Å². The molecule has 0 saturated heterocycles. The van der Waals surface area contributed by atoms with E-state index >= 15 is 0 Å². The number of hydrogen-bond donors (Lipinski definition) is 0. The summed E-state index contributed by atoms with van der Waals surface area (Å²) >= 11 is 2.87. The van der Waals surface area contributed by atoms with Crippen LogP contribution in [0.5, 0.6) is 0 Å². The lowest BCUT2D eigenvalue weighted by Crippen LogP contribution is -2.53. The van der Waals surface area contributed by atoms with Crippen LogP contribution in [0, 0.1) is 0 Å². The molecule has 0 amide bonds. The van der Waals surface area contributed by atoms with Gasteiger partial charge in [0.15, 0.2) is 4.34 Å². The zero-order valence-electron chi connectivity index (χ0n) is 13.1. The molecule has 7 nitrogen and oxygen atoms in total. The molecule has 0 aliphatic heterocycles. The monoisotopic (exact) mass is 361 g/mol. The van der Waals surface area contributed by atoms with Crippen molar-refractivity contribution in [2.24, 2.45) is 4.99 Å². The fraction of sp³-hybridized carbons (Fsp3) is 0.200. The maximum atomic E-state index is 11.9. The third kappa shape index (κ3) is 4.12. The molecule has 0 aliphatic rings. The smallest absolute Gasteiger partial charge is 0.324 e. The van der Waals surface area contributed by atoms with Gasteiger partial charge in [0, 0.05) is 16.7 Å². The number of aromatic nitrogens is 3. The Morgan fingerprint density at radius 2 is 2.17 bits per heavy atom. The van der Waals surface area contributed by atoms with Gasteiger partial charge in [-0.1, -0.05) is 42.1 Å². The summed E-state index contributed by atoms with van der Waals surface area (Å²) in [6.07, 6.45) is 1.54. The lowest BCUT2D eigenvalue weighted by Gasteiger charge is -2.06. The van der Waals surface area contributed by atoms with E-state index in [4.69, 9.17) is 4.52 Å². The van der Waals surface area contributed by atoms with E-state index in [-0.39, 0.29) is 17.5 Å². The summed E-state index contributed by atoms with van der Waals surface area (Å²) in [5.74, 6) is 0.0849. The van der Waals surface area contributed by atoms with E-state index in [1.54, 1.807) is 25.3 Å². The SMILES string of the molecule is CN(C)[n+]1cc(/N=C(\[O-])CSc2nc(-c3ccccc3)cs2)on1. The van der Waals surface area contributed by atoms with Crippen LogP contribution in [0.4, 0.5) is 5.88 Å². The van der Waals surface area contributed by atoms with Gasteiger partial charge in [-0.05, 0) is 5.90 Å². The number of thiazole rings is 1. The van der Waals surface area contributed by atoms with Crippen LogP contribution in [-0.4, -0.2) is 36.0 Å². The van der Waals surface area contributed by atoms with Gasteiger partial charge in [0.1, 0.15) is 0 Å². The van der Waals surface area contributed by atoms with Crippen LogP contribution in [-0.2, 0) is 0 Å². The Bertz CT molecular complexity index is 829. The highest BCUT2D eigenvalue weighted by atomic mass is 32.2. The first-order valence-corrected chi connectivity index (χ1v) is 8.93. The number of thioether (sulfide) groups is 1. The fourth-order valence-corrected chi connectivity index (χ4v) is 3.43. The van der Waals surface area contributed by atoms with Crippen molar-refractivity contribution in [1.29, 1.82) is 0 Å². The minimum atomic E-state index is -0.293. The van der Waals surface area contributed by atoms with Gasteiger partial charge >= 0.3 is 5.88 Å². The summed E-state index contributed by atoms with van der Waals surface area (Å²) in [5.41, 5.74) is 1.97. The molecule has 2 heterocycles. The van der Waals surface area contributed by atoms with Gasteiger partial charge in [0.2, 0.25) is 5.27 Å². The van der Waals surface area contributed by atoms with E-state index in [2.05, 4.69) is 15.2 Å². The predicted molar refractivity (Wildman–Crippen MR) is 92.1 cm³/mol. The van der Waals surface area contributed by atoms with Crippen LogP contribution in [0.1, 0.15) is 0 Å². The minimum Gasteiger partial charge on any atom is -0.861 e. The van der Waals surface area contributed by atoms with E-state index in [1.165, 1.54) is 27.9 Å². The second kappa shape index (κ2) is 7.45. The molecule has 0 N–H and O–H groups in total. The molecule has 0 unspecified atom stereocenters. The number of rotatable bonds is 6. The third-order valence-corrected chi connectivity index (χ3v) is 4.97. The highest BCUT2D eigenvalue weighted by Gasteiger charge is 2.12. The molecule has 0 radical (unpaired) electrons. The van der Waals surface area contributed by atoms with Crippen LogP contribution in [0.25, 0.3) is 11.3 Å². The first kappa shape index (κ1) is 16.5. The molecular weight excluding hydrogens is 346 g/mol. The molecule has 2 aromatic heterocycles. The lowest BCUT2D eigenvalue weighted by molar-refractivity contribution is -0.753. The van der Waals surface area contributed by atoms with E-state index in [0.717, 1.165) is 15.6 Å². The van der Waals surface area contributed by atoms with E-state index in [9.17, 15) is 5.11 Å². The molecular formula is C15H15N5O2S2. The summed E-state index contributed by atoms with van der Waals surface area (Å²) in [7, 11) is 3.60. The second-order valence-electron chi connectivity index (χ2n) is 4.97. The standard InChI is InChI=1S/C15H15N5O2S2/c1-19(2)20-8-14(22-18-20)17-13(21)10-24-15-16-12(9-23-15)11-6-4-3-5-7-11/h3-9H,10H2,1-2H3. The van der Waals surface area contributed by atoms with Crippen molar-refractivity contribution in [3.63, 3.8) is 0 Å². The number of benzene rings is 1. The van der Waals surface area contributed by atoms with Crippen LogP contribution < -0.4 is 14.9 Å². The van der Waals surface area contributed by atoms with E-state index in [1.807, 2.05) is 35.7 Å². The van der Waals surface area contributed by atoms with E-state index < -0.39 is 0 Å². The van der Waals surface area contributed by atoms with E-state index in [0.29, 0.717) is 0 Å². The lowest BCUT2D eigenvalue weighted by atomic mass is 10.2. The van der Waals surface area contributed by atoms with Gasteiger partial charge in [-0.15, -0.1) is 11.3 Å². The van der Waals surface area contributed by atoms with Gasteiger partial charge in [-0.25, -0.2) is 9.98 Å². The summed E-state index contributed by atoms with van der Waals surface area (Å²) < 4.78 is 5.80. The number of aliphatic imine (C=N–C) groups is 1.